The molecule has 7 nitrogen and oxygen atoms in total. The number of nitrogens with zero attached hydrogens (tertiary/aromatic N) is 2. The van der Waals surface area contributed by atoms with E-state index < -0.39 is 5.97 Å². The van der Waals surface area contributed by atoms with E-state index in [-0.39, 0.29) is 11.9 Å². The molecule has 1 saturated heterocycles. The van der Waals surface area contributed by atoms with Crippen LogP contribution in [0.15, 0.2) is 24.5 Å². The predicted octanol–water partition coefficient (Wildman–Crippen LogP) is 3.41. The number of fused-ring (bicyclic) bond motifs is 1. The zero-order valence-corrected chi connectivity index (χ0v) is 16.2. The van der Waals surface area contributed by atoms with E-state index in [1.807, 2.05) is 6.92 Å². The van der Waals surface area contributed by atoms with Crippen LogP contribution in [0.1, 0.15) is 21.7 Å². The summed E-state index contributed by atoms with van der Waals surface area (Å²) in [6.07, 6.45) is 2.27. The van der Waals surface area contributed by atoms with Crippen molar-refractivity contribution in [1.29, 1.82) is 0 Å². The number of carbonyl (C=O) groups is 1. The fourth-order valence-corrected chi connectivity index (χ4v) is 4.25. The summed E-state index contributed by atoms with van der Waals surface area (Å²) in [5.41, 5.74) is 1.33. The lowest BCUT2D eigenvalue weighted by Gasteiger charge is -2.17. The van der Waals surface area contributed by atoms with Gasteiger partial charge in [-0.1, -0.05) is 0 Å². The van der Waals surface area contributed by atoms with Crippen molar-refractivity contribution in [3.8, 4) is 5.75 Å². The molecule has 2 N–H and O–H groups in total. The Morgan fingerprint density at radius 2 is 2.25 bits per heavy atom. The number of ether oxygens (including phenoxy) is 2. The molecule has 2 aromatic heterocycles. The van der Waals surface area contributed by atoms with Crippen molar-refractivity contribution in [2.45, 2.75) is 19.4 Å². The molecule has 1 unspecified atom stereocenters. The first-order valence-corrected chi connectivity index (χ1v) is 9.65. The van der Waals surface area contributed by atoms with E-state index in [4.69, 9.17) is 9.47 Å². The first-order valence-electron chi connectivity index (χ1n) is 8.83. The summed E-state index contributed by atoms with van der Waals surface area (Å²) in [5, 5.41) is 7.17. The molecule has 1 atom stereocenters. The topological polar surface area (TPSA) is 85.4 Å². The van der Waals surface area contributed by atoms with Crippen LogP contribution in [0.3, 0.4) is 0 Å². The summed E-state index contributed by atoms with van der Waals surface area (Å²) in [5.74, 6) is 0.154. The average Bonchev–Trinajstić information content (AvgIpc) is 3.32. The number of carbonyl (C=O) groups excluding carboxylic acids is 1. The number of nitrogens with one attached hydrogen (secondary N) is 2. The van der Waals surface area contributed by atoms with Crippen molar-refractivity contribution >= 4 is 39.0 Å². The number of thiophene rings is 1. The van der Waals surface area contributed by atoms with E-state index in [0.717, 1.165) is 30.5 Å². The maximum absolute atomic E-state index is 13.8. The average molecular weight is 402 g/mol. The van der Waals surface area contributed by atoms with Gasteiger partial charge in [0.15, 0.2) is 0 Å². The molecule has 3 aromatic rings. The van der Waals surface area contributed by atoms with E-state index in [9.17, 15) is 9.18 Å². The Morgan fingerprint density at radius 1 is 1.39 bits per heavy atom. The van der Waals surface area contributed by atoms with Crippen LogP contribution in [0.25, 0.3) is 10.2 Å². The third-order valence-corrected chi connectivity index (χ3v) is 5.78. The minimum atomic E-state index is -0.411. The number of hydrogen-bond donors (Lipinski definition) is 2. The molecule has 0 saturated carbocycles. The van der Waals surface area contributed by atoms with E-state index in [1.165, 1.54) is 36.9 Å². The molecule has 0 bridgehead atoms. The summed E-state index contributed by atoms with van der Waals surface area (Å²) in [6.45, 7) is 3.42. The van der Waals surface area contributed by atoms with Gasteiger partial charge in [0.05, 0.1) is 18.2 Å². The van der Waals surface area contributed by atoms with Gasteiger partial charge in [0.25, 0.3) is 0 Å². The molecule has 3 heterocycles. The highest BCUT2D eigenvalue weighted by atomic mass is 32.1. The molecule has 0 amide bonds. The number of anilines is 2. The molecule has 9 heteroatoms. The van der Waals surface area contributed by atoms with Crippen LogP contribution >= 0.6 is 11.3 Å². The molecule has 146 valence electrons. The van der Waals surface area contributed by atoms with Gasteiger partial charge in [0.2, 0.25) is 0 Å². The minimum Gasteiger partial charge on any atom is -0.487 e. The number of rotatable bonds is 5. The fourth-order valence-electron chi connectivity index (χ4n) is 3.19. The van der Waals surface area contributed by atoms with Gasteiger partial charge in [0, 0.05) is 12.6 Å². The van der Waals surface area contributed by atoms with Gasteiger partial charge in [-0.05, 0) is 37.6 Å². The Hall–Kier alpha value is -2.78. The summed E-state index contributed by atoms with van der Waals surface area (Å²) in [4.78, 5) is 21.7. The smallest absolute Gasteiger partial charge is 0.348 e. The zero-order valence-electron chi connectivity index (χ0n) is 15.4. The summed E-state index contributed by atoms with van der Waals surface area (Å²) >= 11 is 1.25. The van der Waals surface area contributed by atoms with Crippen molar-refractivity contribution in [2.24, 2.45) is 0 Å². The Morgan fingerprint density at radius 3 is 3.00 bits per heavy atom. The van der Waals surface area contributed by atoms with Crippen LogP contribution in [0.5, 0.6) is 5.75 Å². The number of methoxy groups -OCH3 is 1. The molecule has 1 aliphatic rings. The van der Waals surface area contributed by atoms with Gasteiger partial charge in [-0.15, -0.1) is 11.3 Å². The Bertz CT molecular complexity index is 1030. The molecule has 28 heavy (non-hydrogen) atoms. The number of halogens is 1. The van der Waals surface area contributed by atoms with E-state index in [0.29, 0.717) is 27.0 Å². The maximum Gasteiger partial charge on any atom is 0.348 e. The molecule has 1 aliphatic heterocycles. The molecular weight excluding hydrogens is 383 g/mol. The lowest BCUT2D eigenvalue weighted by Crippen LogP contribution is -2.20. The second-order valence-corrected chi connectivity index (χ2v) is 7.45. The molecular formula is C19H19FN4O3S. The number of aryl methyl sites for hydroxylation is 1. The van der Waals surface area contributed by atoms with Crippen LogP contribution in [-0.4, -0.2) is 42.2 Å². The van der Waals surface area contributed by atoms with Crippen LogP contribution in [0.4, 0.5) is 15.9 Å². The van der Waals surface area contributed by atoms with Gasteiger partial charge in [0.1, 0.15) is 39.5 Å². The Labute approximate surface area is 164 Å². The Kier molecular flexibility index (Phi) is 5.10. The van der Waals surface area contributed by atoms with Crippen LogP contribution < -0.4 is 15.4 Å². The van der Waals surface area contributed by atoms with Gasteiger partial charge in [-0.3, -0.25) is 0 Å². The third-order valence-electron chi connectivity index (χ3n) is 4.60. The predicted molar refractivity (Wildman–Crippen MR) is 105 cm³/mol. The van der Waals surface area contributed by atoms with Crippen LogP contribution in [0, 0.1) is 12.7 Å². The summed E-state index contributed by atoms with van der Waals surface area (Å²) < 4.78 is 24.6. The lowest BCUT2D eigenvalue weighted by molar-refractivity contribution is 0.0605. The second-order valence-electron chi connectivity index (χ2n) is 6.45. The first-order chi connectivity index (χ1) is 13.6. The van der Waals surface area contributed by atoms with E-state index in [1.54, 1.807) is 6.07 Å². The molecule has 1 aromatic carbocycles. The minimum absolute atomic E-state index is 0.0124. The second kappa shape index (κ2) is 7.69. The molecule has 0 radical (unpaired) electrons. The standard InChI is InChI=1S/C19H19FN4O3S/c1-10-15-17(22-9-23-18(15)28-16(10)19(25)26-2)24-13-4-3-11(20)7-14(13)27-12-5-6-21-8-12/h3-4,7,9,12,21H,5-6,8H2,1-2H3,(H,22,23,24). The monoisotopic (exact) mass is 402 g/mol. The van der Waals surface area contributed by atoms with E-state index in [2.05, 4.69) is 20.6 Å². The number of hydrogen-bond acceptors (Lipinski definition) is 8. The van der Waals surface area contributed by atoms with Crippen LogP contribution in [-0.2, 0) is 4.74 Å². The van der Waals surface area contributed by atoms with Crippen molar-refractivity contribution < 1.29 is 18.7 Å². The molecule has 0 spiro atoms. The first kappa shape index (κ1) is 18.6. The molecule has 4 rings (SSSR count). The third kappa shape index (κ3) is 3.50. The van der Waals surface area contributed by atoms with Crippen molar-refractivity contribution in [3.63, 3.8) is 0 Å². The van der Waals surface area contributed by atoms with Gasteiger partial charge < -0.3 is 20.1 Å². The Balaban J connectivity index is 1.72. The largest absolute Gasteiger partial charge is 0.487 e. The zero-order chi connectivity index (χ0) is 19.7. The number of esters is 1. The maximum atomic E-state index is 13.8. The fraction of sp³-hybridized carbons (Fsp3) is 0.316. The van der Waals surface area contributed by atoms with Crippen LogP contribution in [0.2, 0.25) is 0 Å². The SMILES string of the molecule is COC(=O)c1sc2ncnc(Nc3ccc(F)cc3OC3CCNC3)c2c1C. The summed E-state index contributed by atoms with van der Waals surface area (Å²) in [6, 6.07) is 4.34. The highest BCUT2D eigenvalue weighted by Gasteiger charge is 2.22. The van der Waals surface area contributed by atoms with Gasteiger partial charge in [-0.2, -0.15) is 0 Å². The summed E-state index contributed by atoms with van der Waals surface area (Å²) in [7, 11) is 1.34. The van der Waals surface area contributed by atoms with E-state index >= 15 is 0 Å². The van der Waals surface area contributed by atoms with Crippen molar-refractivity contribution in [2.75, 3.05) is 25.5 Å². The van der Waals surface area contributed by atoms with Crippen molar-refractivity contribution in [3.05, 3.63) is 40.8 Å². The highest BCUT2D eigenvalue weighted by Crippen LogP contribution is 2.37. The highest BCUT2D eigenvalue weighted by molar-refractivity contribution is 7.20. The normalized spacial score (nSPS) is 16.3. The molecule has 1 fully saturated rings. The number of benzene rings is 1. The molecule has 0 aliphatic carbocycles. The van der Waals surface area contributed by atoms with Gasteiger partial charge >= 0.3 is 5.97 Å². The van der Waals surface area contributed by atoms with Crippen molar-refractivity contribution in [1.82, 2.24) is 15.3 Å². The van der Waals surface area contributed by atoms with Gasteiger partial charge in [-0.25, -0.2) is 19.2 Å². The number of aromatic nitrogens is 2. The quantitative estimate of drug-likeness (QED) is 0.633. The lowest BCUT2D eigenvalue weighted by atomic mass is 10.2.